The smallest absolute Gasteiger partial charge is 0.245 e. The number of thioether (sulfide) groups is 1. The molecule has 37 nitrogen and oxygen atoms in total. The maximum atomic E-state index is 15.5. The normalized spacial score (nSPS) is 18.7. The Labute approximate surface area is 654 Å². The predicted octanol–water partition coefficient (Wildman–Crippen LogP) is -4.05. The summed E-state index contributed by atoms with van der Waals surface area (Å²) in [6, 6.07) is 9.01. The van der Waals surface area contributed by atoms with Crippen LogP contribution in [0.3, 0.4) is 0 Å². The number of unbranched alkanes of at least 4 members (excludes halogenated alkanes) is 1. The number of hydrogen-bond acceptors (Lipinski definition) is 20. The number of carbonyl (C=O) groups excluding carboxylic acids is 17. The number of aromatic amines is 1. The molecule has 2 heterocycles. The third kappa shape index (κ3) is 29.2. The van der Waals surface area contributed by atoms with Gasteiger partial charge in [-0.2, -0.15) is 11.8 Å². The van der Waals surface area contributed by atoms with Gasteiger partial charge in [0, 0.05) is 75.3 Å². The van der Waals surface area contributed by atoms with Crippen molar-refractivity contribution in [2.45, 2.75) is 184 Å². The molecule has 0 aliphatic carbocycles. The summed E-state index contributed by atoms with van der Waals surface area (Å²) in [5.74, 6) is -16.5. The molecule has 11 atom stereocenters. The van der Waals surface area contributed by atoms with Crippen LogP contribution < -0.4 is 96.8 Å². The Hall–Kier alpha value is -12.2. The number of rotatable bonds is 35. The summed E-state index contributed by atoms with van der Waals surface area (Å²) < 4.78 is 5.39. The average molecular weight is 1590 g/mol. The number of methoxy groups -OCH3 is 1. The van der Waals surface area contributed by atoms with Gasteiger partial charge in [0.25, 0.3) is 0 Å². The molecule has 5 aromatic rings. The first kappa shape index (κ1) is 89.7. The van der Waals surface area contributed by atoms with E-state index in [4.69, 9.17) is 27.7 Å². The van der Waals surface area contributed by atoms with Crippen LogP contribution in [0.5, 0.6) is 5.75 Å². The fourth-order valence-corrected chi connectivity index (χ4v) is 13.1. The number of ether oxygens (including phenoxy) is 1. The van der Waals surface area contributed by atoms with Crippen LogP contribution in [-0.2, 0) is 101 Å². The highest BCUT2D eigenvalue weighted by Crippen LogP contribution is 2.23. The van der Waals surface area contributed by atoms with Gasteiger partial charge < -0.3 is 107 Å². The largest absolute Gasteiger partial charge is 0.497 e. The molecular formula is C75H100N18O19S. The molecule has 1 aliphatic rings. The van der Waals surface area contributed by atoms with Gasteiger partial charge in [-0.1, -0.05) is 72.8 Å². The number of benzene rings is 4. The number of para-hydroxylation sites is 1. The second kappa shape index (κ2) is 43.4. The third-order valence-corrected chi connectivity index (χ3v) is 19.2. The van der Waals surface area contributed by atoms with Gasteiger partial charge in [0.15, 0.2) is 0 Å². The standard InChI is InChI=1S/C75H100N18O19S/c1-39(94)63-73(110)89-56(34-46-36-81-49-16-10-9-15-48(46)49)70(107)85-51(24-26-59(76)97)66(103)90-58(38-113-30-28-53(83-41(3)96)67(104)84-52(68(105)92-63)25-27-60(77)98)71(108)86-54(32-42-19-22-47(112-6)23-20-42)69(106)87-55(33-43-18-21-44-13-7-8-14-45(44)31-43)72(109)93-75(4,5)74(111)91-50(17-11-12-29-80-40(2)95)65(102)88-57(35-61(78)99)64(101)82-37-62(79)100/h7-10,13-16,18-23,31,36,39,50-58,63,81,94H,11-12,17,24-30,32-35,37-38H2,1-6H3,(H2,76,97)(H2,77,98)(H2,78,99)(H2,79,100)(H,80,95)(H,82,101)(H,83,96)(H,84,104)(H,85,107)(H,86,108)(H,87,106)(H,88,102)(H,89,110)(H,90,103)(H,91,111)(H,92,105)(H,93,109)/t39-,50+,51+,52+,53+,54+,55+,56+,57+,58+,63+/m1/s1. The maximum absolute atomic E-state index is 15.5. The number of fused-ring (bicyclic) bond motifs is 2. The van der Waals surface area contributed by atoms with Gasteiger partial charge in [-0.25, -0.2) is 0 Å². The van der Waals surface area contributed by atoms with E-state index in [-0.39, 0.29) is 63.2 Å². The van der Waals surface area contributed by atoms with Crippen molar-refractivity contribution in [2.24, 2.45) is 22.9 Å². The molecule has 0 unspecified atom stereocenters. The van der Waals surface area contributed by atoms with Crippen molar-refractivity contribution < 1.29 is 91.4 Å². The van der Waals surface area contributed by atoms with Gasteiger partial charge in [0.1, 0.15) is 71.7 Å². The molecule has 610 valence electrons. The Bertz CT molecular complexity index is 4310. The van der Waals surface area contributed by atoms with E-state index in [1.807, 2.05) is 12.1 Å². The Balaban J connectivity index is 1.41. The molecule has 1 saturated heterocycles. The number of aliphatic hydroxyl groups is 1. The number of nitrogens with two attached hydrogens (primary N) is 4. The quantitative estimate of drug-likeness (QED) is 0.0172. The van der Waals surface area contributed by atoms with Gasteiger partial charge in [-0.05, 0) is 111 Å². The number of hydrogen-bond donors (Lipinski definition) is 19. The maximum Gasteiger partial charge on any atom is 0.245 e. The van der Waals surface area contributed by atoms with E-state index in [0.717, 1.165) is 36.4 Å². The van der Waals surface area contributed by atoms with Crippen molar-refractivity contribution in [1.29, 1.82) is 0 Å². The van der Waals surface area contributed by atoms with E-state index < -0.39 is 211 Å². The highest BCUT2D eigenvalue weighted by Gasteiger charge is 2.40. The fraction of sp³-hybridized carbons (Fsp3) is 0.453. The molecule has 38 heteroatoms. The van der Waals surface area contributed by atoms with Gasteiger partial charge >= 0.3 is 0 Å². The summed E-state index contributed by atoms with van der Waals surface area (Å²) >= 11 is 0.934. The molecule has 0 bridgehead atoms. The van der Waals surface area contributed by atoms with E-state index in [1.165, 1.54) is 27.9 Å². The van der Waals surface area contributed by atoms with Crippen molar-refractivity contribution >= 4 is 134 Å². The van der Waals surface area contributed by atoms with Crippen LogP contribution in [0.25, 0.3) is 21.7 Å². The zero-order chi connectivity index (χ0) is 83.2. The topological polar surface area (TPSA) is 596 Å². The molecule has 0 radical (unpaired) electrons. The molecule has 1 aromatic heterocycles. The second-order valence-electron chi connectivity index (χ2n) is 27.8. The Morgan fingerprint density at radius 2 is 1.18 bits per heavy atom. The first-order valence-corrected chi connectivity index (χ1v) is 37.6. The molecule has 113 heavy (non-hydrogen) atoms. The predicted molar refractivity (Wildman–Crippen MR) is 413 cm³/mol. The van der Waals surface area contributed by atoms with E-state index in [2.05, 4.69) is 74.1 Å². The molecule has 1 aliphatic heterocycles. The Kier molecular flexibility index (Phi) is 34.4. The van der Waals surface area contributed by atoms with Crippen LogP contribution in [0.4, 0.5) is 0 Å². The van der Waals surface area contributed by atoms with Crippen molar-refractivity contribution in [1.82, 2.24) is 74.1 Å². The first-order chi connectivity index (χ1) is 53.5. The van der Waals surface area contributed by atoms with Gasteiger partial charge in [-0.15, -0.1) is 0 Å². The third-order valence-electron chi connectivity index (χ3n) is 18.1. The number of amides is 17. The van der Waals surface area contributed by atoms with Crippen LogP contribution >= 0.6 is 11.8 Å². The lowest BCUT2D eigenvalue weighted by Gasteiger charge is -2.31. The van der Waals surface area contributed by atoms with Crippen LogP contribution in [0.15, 0.2) is 97.2 Å². The number of nitrogens with one attached hydrogen (secondary N) is 14. The van der Waals surface area contributed by atoms with E-state index in [0.29, 0.717) is 33.3 Å². The minimum absolute atomic E-state index is 0.128. The number of aliphatic hydroxyl groups excluding tert-OH is 1. The first-order valence-electron chi connectivity index (χ1n) is 36.4. The summed E-state index contributed by atoms with van der Waals surface area (Å²) in [6.07, 6.45) is -3.82. The lowest BCUT2D eigenvalue weighted by Crippen LogP contribution is -2.64. The summed E-state index contributed by atoms with van der Waals surface area (Å²) in [6.45, 7) is 5.60. The van der Waals surface area contributed by atoms with Gasteiger partial charge in [-0.3, -0.25) is 81.5 Å². The molecule has 1 fully saturated rings. The Morgan fingerprint density at radius 3 is 1.81 bits per heavy atom. The number of primary amides is 4. The van der Waals surface area contributed by atoms with Crippen LogP contribution in [0.1, 0.15) is 109 Å². The molecule has 17 amide bonds. The molecule has 23 N–H and O–H groups in total. The lowest BCUT2D eigenvalue weighted by atomic mass is 9.97. The van der Waals surface area contributed by atoms with Crippen molar-refractivity contribution in [3.05, 3.63) is 114 Å². The van der Waals surface area contributed by atoms with Crippen LogP contribution in [0.2, 0.25) is 0 Å². The van der Waals surface area contributed by atoms with Crippen molar-refractivity contribution in [2.75, 3.05) is 31.7 Å². The van der Waals surface area contributed by atoms with Gasteiger partial charge in [0.2, 0.25) is 100 Å². The summed E-state index contributed by atoms with van der Waals surface area (Å²) in [5.41, 5.74) is 21.7. The van der Waals surface area contributed by atoms with Gasteiger partial charge in [0.05, 0.1) is 26.2 Å². The van der Waals surface area contributed by atoms with Crippen molar-refractivity contribution in [3.63, 3.8) is 0 Å². The highest BCUT2D eigenvalue weighted by atomic mass is 32.2. The summed E-state index contributed by atoms with van der Waals surface area (Å²) in [7, 11) is 1.41. The number of carbonyl (C=O) groups is 17. The molecule has 0 saturated carbocycles. The van der Waals surface area contributed by atoms with Crippen molar-refractivity contribution in [3.8, 4) is 5.75 Å². The number of aromatic nitrogens is 1. The lowest BCUT2D eigenvalue weighted by molar-refractivity contribution is -0.137. The SMILES string of the molecule is COc1ccc(C[C@H](NC(=O)[C@@H]2CSCC[C@H](NC(C)=O)C(=O)N[C@@H](CCC(N)=O)C(=O)N[C@@H]([C@@H](C)O)C(=O)N[C@@H](Cc3c[nH]c4ccccc34)C(=O)N[C@@H](CCC(N)=O)C(=O)N2)C(=O)N[C@@H](Cc2ccc3ccccc3c2)C(=O)NC(C)(C)C(=O)N[C@@H](CCCCNC(C)=O)C(=O)N[C@@H](CC(N)=O)C(=O)NCC(N)=O)cc1. The van der Waals surface area contributed by atoms with E-state index >= 15 is 19.2 Å². The summed E-state index contributed by atoms with van der Waals surface area (Å²) in [5, 5.41) is 46.3. The Morgan fingerprint density at radius 1 is 0.593 bits per heavy atom. The minimum atomic E-state index is -1.99. The minimum Gasteiger partial charge on any atom is -0.497 e. The summed E-state index contributed by atoms with van der Waals surface area (Å²) in [4.78, 5) is 237. The van der Waals surface area contributed by atoms with E-state index in [9.17, 15) is 67.4 Å². The molecule has 4 aromatic carbocycles. The monoisotopic (exact) mass is 1590 g/mol. The molecule has 6 rings (SSSR count). The highest BCUT2D eigenvalue weighted by molar-refractivity contribution is 7.99. The molecule has 0 spiro atoms. The van der Waals surface area contributed by atoms with Crippen LogP contribution in [0, 0.1) is 0 Å². The fourth-order valence-electron chi connectivity index (χ4n) is 12.0. The molecular weight excluding hydrogens is 1490 g/mol. The zero-order valence-electron chi connectivity index (χ0n) is 63.4. The zero-order valence-corrected chi connectivity index (χ0v) is 64.2. The van der Waals surface area contributed by atoms with Crippen LogP contribution in [-0.4, -0.2) is 214 Å². The second-order valence-corrected chi connectivity index (χ2v) is 28.9. The average Bonchev–Trinajstić information content (AvgIpc) is 1.81. The van der Waals surface area contributed by atoms with E-state index in [1.54, 1.807) is 85.1 Å². The number of H-pyrrole nitrogens is 1.